The van der Waals surface area contributed by atoms with E-state index in [2.05, 4.69) is 14.9 Å². The number of aromatic amines is 1. The molecule has 6 heteroatoms. The highest BCUT2D eigenvalue weighted by atomic mass is 16.5. The Morgan fingerprint density at radius 3 is 2.83 bits per heavy atom. The summed E-state index contributed by atoms with van der Waals surface area (Å²) in [6.45, 7) is 4.31. The van der Waals surface area contributed by atoms with Gasteiger partial charge in [0.15, 0.2) is 0 Å². The number of nitrogen functional groups attached to an aromatic ring is 1. The number of pyridine rings is 1. The topological polar surface area (TPSA) is 80.1 Å². The van der Waals surface area contributed by atoms with Gasteiger partial charge in [-0.25, -0.2) is 4.98 Å². The van der Waals surface area contributed by atoms with Crippen LogP contribution in [0.5, 0.6) is 5.75 Å². The van der Waals surface area contributed by atoms with Crippen LogP contribution >= 0.6 is 0 Å². The minimum absolute atomic E-state index is 0.688. The third-order valence-electron chi connectivity index (χ3n) is 5.61. The monoisotopic (exact) mass is 387 g/mol. The van der Waals surface area contributed by atoms with Crippen LogP contribution in [0.4, 0.5) is 5.69 Å². The first kappa shape index (κ1) is 17.9. The minimum atomic E-state index is 0.688. The van der Waals surface area contributed by atoms with Crippen LogP contribution in [0.1, 0.15) is 19.3 Å². The van der Waals surface area contributed by atoms with E-state index in [1.54, 1.807) is 6.20 Å². The summed E-state index contributed by atoms with van der Waals surface area (Å²) in [5, 5.41) is 0.937. The van der Waals surface area contributed by atoms with Crippen LogP contribution in [-0.4, -0.2) is 46.1 Å². The third-order valence-corrected chi connectivity index (χ3v) is 5.61. The van der Waals surface area contributed by atoms with Gasteiger partial charge in [0.05, 0.1) is 34.4 Å². The average molecular weight is 387 g/mol. The number of nitrogens with zero attached hydrogens (tertiary/aromatic N) is 3. The van der Waals surface area contributed by atoms with Gasteiger partial charge in [0.1, 0.15) is 11.6 Å². The largest absolute Gasteiger partial charge is 0.493 e. The van der Waals surface area contributed by atoms with E-state index < -0.39 is 0 Å². The fourth-order valence-corrected chi connectivity index (χ4v) is 4.04. The van der Waals surface area contributed by atoms with Gasteiger partial charge in [-0.15, -0.1) is 0 Å². The molecule has 1 aliphatic rings. The highest BCUT2D eigenvalue weighted by Gasteiger charge is 2.13. The Balaban J connectivity index is 1.33. The molecule has 1 saturated heterocycles. The first-order valence-corrected chi connectivity index (χ1v) is 10.3. The highest BCUT2D eigenvalue weighted by Crippen LogP contribution is 2.31. The van der Waals surface area contributed by atoms with Gasteiger partial charge in [-0.05, 0) is 50.6 Å². The van der Waals surface area contributed by atoms with Crippen molar-refractivity contribution >= 4 is 27.6 Å². The number of imidazole rings is 1. The minimum Gasteiger partial charge on any atom is -0.493 e. The zero-order valence-corrected chi connectivity index (χ0v) is 16.4. The molecule has 0 aliphatic carbocycles. The van der Waals surface area contributed by atoms with Gasteiger partial charge >= 0.3 is 0 Å². The third kappa shape index (κ3) is 3.63. The lowest BCUT2D eigenvalue weighted by Crippen LogP contribution is -2.21. The van der Waals surface area contributed by atoms with E-state index in [1.165, 1.54) is 25.9 Å². The summed E-state index contributed by atoms with van der Waals surface area (Å²) >= 11 is 0. The van der Waals surface area contributed by atoms with Gasteiger partial charge in [-0.2, -0.15) is 0 Å². The molecule has 4 aromatic rings. The zero-order chi connectivity index (χ0) is 19.6. The summed E-state index contributed by atoms with van der Waals surface area (Å²) in [6, 6.07) is 13.8. The molecule has 1 aliphatic heterocycles. The predicted octanol–water partition coefficient (Wildman–Crippen LogP) is 4.23. The first-order valence-electron chi connectivity index (χ1n) is 10.3. The lowest BCUT2D eigenvalue weighted by atomic mass is 10.1. The number of para-hydroxylation sites is 1. The quantitative estimate of drug-likeness (QED) is 0.484. The van der Waals surface area contributed by atoms with E-state index in [1.807, 2.05) is 42.5 Å². The number of anilines is 1. The molecule has 29 heavy (non-hydrogen) atoms. The molecule has 0 atom stereocenters. The SMILES string of the molecule is Nc1c(-c2nc3ccc(OCCCN4CCCC4)cc3[nH]2)cnc2ccccc12. The zero-order valence-electron chi connectivity index (χ0n) is 16.4. The smallest absolute Gasteiger partial charge is 0.142 e. The van der Waals surface area contributed by atoms with E-state index in [9.17, 15) is 0 Å². The number of nitrogens with two attached hydrogens (primary N) is 1. The average Bonchev–Trinajstić information content (AvgIpc) is 3.41. The Morgan fingerprint density at radius 1 is 1.07 bits per heavy atom. The van der Waals surface area contributed by atoms with Crippen molar-refractivity contribution in [2.24, 2.45) is 0 Å². The van der Waals surface area contributed by atoms with Crippen molar-refractivity contribution in [3.63, 3.8) is 0 Å². The van der Waals surface area contributed by atoms with Gasteiger partial charge in [-0.1, -0.05) is 18.2 Å². The van der Waals surface area contributed by atoms with Crippen molar-refractivity contribution in [3.8, 4) is 17.1 Å². The number of hydrogen-bond acceptors (Lipinski definition) is 5. The second-order valence-electron chi connectivity index (χ2n) is 7.62. The molecule has 0 radical (unpaired) electrons. The predicted molar refractivity (Wildman–Crippen MR) is 117 cm³/mol. The summed E-state index contributed by atoms with van der Waals surface area (Å²) in [4.78, 5) is 15.1. The van der Waals surface area contributed by atoms with Gasteiger partial charge < -0.3 is 20.4 Å². The van der Waals surface area contributed by atoms with Gasteiger partial charge in [0, 0.05) is 24.2 Å². The molecule has 2 aromatic carbocycles. The summed E-state index contributed by atoms with van der Waals surface area (Å²) in [7, 11) is 0. The number of aromatic nitrogens is 3. The molecule has 0 unspecified atom stereocenters. The number of hydrogen-bond donors (Lipinski definition) is 2. The van der Waals surface area contributed by atoms with Crippen LogP contribution < -0.4 is 10.5 Å². The van der Waals surface area contributed by atoms with Crippen molar-refractivity contribution in [1.29, 1.82) is 0 Å². The van der Waals surface area contributed by atoms with Crippen LogP contribution in [0.3, 0.4) is 0 Å². The molecule has 0 amide bonds. The summed E-state index contributed by atoms with van der Waals surface area (Å²) in [6.07, 6.45) is 5.49. The number of benzene rings is 2. The lowest BCUT2D eigenvalue weighted by Gasteiger charge is -2.14. The Kier molecular flexibility index (Phi) is 4.77. The Labute approximate surface area is 169 Å². The maximum absolute atomic E-state index is 6.41. The normalized spacial score (nSPS) is 14.8. The molecule has 1 fully saturated rings. The van der Waals surface area contributed by atoms with E-state index in [0.717, 1.165) is 58.6 Å². The molecule has 3 heterocycles. The van der Waals surface area contributed by atoms with Gasteiger partial charge in [0.25, 0.3) is 0 Å². The van der Waals surface area contributed by atoms with Crippen molar-refractivity contribution in [3.05, 3.63) is 48.7 Å². The second kappa shape index (κ2) is 7.72. The van der Waals surface area contributed by atoms with E-state index in [0.29, 0.717) is 5.69 Å². The molecule has 6 nitrogen and oxygen atoms in total. The number of nitrogens with one attached hydrogen (secondary N) is 1. The number of H-pyrrole nitrogens is 1. The van der Waals surface area contributed by atoms with Gasteiger partial charge in [0.2, 0.25) is 0 Å². The fourth-order valence-electron chi connectivity index (χ4n) is 4.04. The lowest BCUT2D eigenvalue weighted by molar-refractivity contribution is 0.263. The van der Waals surface area contributed by atoms with Crippen LogP contribution in [-0.2, 0) is 0 Å². The molecule has 5 rings (SSSR count). The summed E-state index contributed by atoms with van der Waals surface area (Å²) in [5.74, 6) is 1.58. The highest BCUT2D eigenvalue weighted by molar-refractivity contribution is 5.97. The number of rotatable bonds is 6. The molecule has 0 spiro atoms. The molecule has 0 bridgehead atoms. The van der Waals surface area contributed by atoms with Crippen molar-refractivity contribution in [2.45, 2.75) is 19.3 Å². The summed E-state index contributed by atoms with van der Waals surface area (Å²) in [5.41, 5.74) is 10.6. The molecular formula is C23H25N5O. The number of fused-ring (bicyclic) bond motifs is 2. The summed E-state index contributed by atoms with van der Waals surface area (Å²) < 4.78 is 5.96. The molecule has 3 N–H and O–H groups in total. The van der Waals surface area contributed by atoms with Crippen LogP contribution in [0, 0.1) is 0 Å². The van der Waals surface area contributed by atoms with E-state index in [-0.39, 0.29) is 0 Å². The molecule has 148 valence electrons. The van der Waals surface area contributed by atoms with Crippen LogP contribution in [0.15, 0.2) is 48.7 Å². The van der Waals surface area contributed by atoms with E-state index in [4.69, 9.17) is 15.5 Å². The van der Waals surface area contributed by atoms with E-state index >= 15 is 0 Å². The number of ether oxygens (including phenoxy) is 1. The molecular weight excluding hydrogens is 362 g/mol. The number of likely N-dealkylation sites (tertiary alicyclic amines) is 1. The van der Waals surface area contributed by atoms with Crippen molar-refractivity contribution in [1.82, 2.24) is 19.9 Å². The standard InChI is InChI=1S/C23H25N5O/c24-22-17-6-1-2-7-19(17)25-15-18(22)23-26-20-9-8-16(14-21(20)27-23)29-13-5-12-28-10-3-4-11-28/h1-2,6-9,14-15H,3-5,10-13H2,(H2,24,25)(H,26,27). The van der Waals surface area contributed by atoms with Gasteiger partial charge in [-0.3, -0.25) is 4.98 Å². The van der Waals surface area contributed by atoms with Crippen molar-refractivity contribution in [2.75, 3.05) is 32.0 Å². The maximum atomic E-state index is 6.41. The van der Waals surface area contributed by atoms with Crippen molar-refractivity contribution < 1.29 is 4.74 Å². The Hall–Kier alpha value is -3.12. The Morgan fingerprint density at radius 2 is 1.93 bits per heavy atom. The fraction of sp³-hybridized carbons (Fsp3) is 0.304. The maximum Gasteiger partial charge on any atom is 0.142 e. The molecule has 0 saturated carbocycles. The first-order chi connectivity index (χ1) is 14.3. The van der Waals surface area contributed by atoms with Crippen LogP contribution in [0.25, 0.3) is 33.3 Å². The van der Waals surface area contributed by atoms with Crippen LogP contribution in [0.2, 0.25) is 0 Å². The molecule has 2 aromatic heterocycles. The Bertz CT molecular complexity index is 1150. The second-order valence-corrected chi connectivity index (χ2v) is 7.62.